The van der Waals surface area contributed by atoms with Gasteiger partial charge in [0.1, 0.15) is 5.82 Å². The zero-order chi connectivity index (χ0) is 22.8. The second-order valence-corrected chi connectivity index (χ2v) is 8.54. The molecule has 33 heavy (non-hydrogen) atoms. The topological polar surface area (TPSA) is 92.4 Å². The molecule has 0 bridgehead atoms. The zero-order valence-electron chi connectivity index (χ0n) is 17.5. The highest BCUT2D eigenvalue weighted by atomic mass is 32.2. The van der Waals surface area contributed by atoms with E-state index in [1.807, 2.05) is 48.5 Å². The largest absolute Gasteiger partial charge is 0.456 e. The maximum Gasteiger partial charge on any atom is 0.306 e. The van der Waals surface area contributed by atoms with E-state index in [1.54, 1.807) is 40.9 Å². The van der Waals surface area contributed by atoms with Crippen LogP contribution in [0.2, 0.25) is 0 Å². The van der Waals surface area contributed by atoms with Gasteiger partial charge in [0, 0.05) is 16.2 Å². The number of para-hydroxylation sites is 3. The van der Waals surface area contributed by atoms with Crippen LogP contribution < -0.4 is 10.5 Å². The number of hydrogen-bond donors (Lipinski definition) is 1. The lowest BCUT2D eigenvalue weighted by molar-refractivity contribution is -0.147. The van der Waals surface area contributed by atoms with E-state index in [0.717, 1.165) is 21.2 Å². The van der Waals surface area contributed by atoms with E-state index >= 15 is 0 Å². The van der Waals surface area contributed by atoms with E-state index in [2.05, 4.69) is 9.97 Å². The third-order valence-electron chi connectivity index (χ3n) is 5.27. The lowest BCUT2D eigenvalue weighted by Gasteiger charge is -2.30. The first-order chi connectivity index (χ1) is 16.1. The van der Waals surface area contributed by atoms with Crippen molar-refractivity contribution < 1.29 is 14.3 Å². The Morgan fingerprint density at radius 2 is 1.55 bits per heavy atom. The lowest BCUT2D eigenvalue weighted by atomic mass is 10.2. The number of hydrogen-bond acceptors (Lipinski definition) is 6. The Hall–Kier alpha value is -3.91. The highest BCUT2D eigenvalue weighted by molar-refractivity contribution is 7.99. The van der Waals surface area contributed by atoms with Gasteiger partial charge < -0.3 is 9.72 Å². The number of aromatic nitrogens is 2. The monoisotopic (exact) mass is 457 g/mol. The van der Waals surface area contributed by atoms with E-state index in [9.17, 15) is 14.4 Å². The number of anilines is 2. The molecule has 0 atom stereocenters. The van der Waals surface area contributed by atoms with Gasteiger partial charge in [-0.25, -0.2) is 4.98 Å². The minimum Gasteiger partial charge on any atom is -0.456 e. The normalized spacial score (nSPS) is 12.2. The van der Waals surface area contributed by atoms with E-state index in [-0.39, 0.29) is 30.9 Å². The van der Waals surface area contributed by atoms with Gasteiger partial charge in [-0.05, 0) is 36.4 Å². The van der Waals surface area contributed by atoms with Crippen LogP contribution in [-0.4, -0.2) is 28.5 Å². The quantitative estimate of drug-likeness (QED) is 0.451. The number of carbonyl (C=O) groups is 2. The highest BCUT2D eigenvalue weighted by Crippen LogP contribution is 2.47. The molecule has 0 radical (unpaired) electrons. The molecule has 1 aromatic heterocycles. The lowest BCUT2D eigenvalue weighted by Crippen LogP contribution is -2.32. The van der Waals surface area contributed by atoms with Gasteiger partial charge in [0.15, 0.2) is 6.61 Å². The number of carbonyl (C=O) groups excluding carboxylic acids is 2. The summed E-state index contributed by atoms with van der Waals surface area (Å²) in [4.78, 5) is 48.2. The summed E-state index contributed by atoms with van der Waals surface area (Å²) in [5.74, 6) is -0.467. The van der Waals surface area contributed by atoms with Gasteiger partial charge in [0.05, 0.1) is 28.7 Å². The summed E-state index contributed by atoms with van der Waals surface area (Å²) in [6.45, 7) is -0.381. The number of aryl methyl sites for hydroxylation is 1. The van der Waals surface area contributed by atoms with Crippen molar-refractivity contribution in [2.45, 2.75) is 22.6 Å². The number of fused-ring (bicyclic) bond motifs is 3. The van der Waals surface area contributed by atoms with Crippen molar-refractivity contribution in [2.24, 2.45) is 0 Å². The number of nitrogens with one attached hydrogen (secondary N) is 1. The SMILES string of the molecule is O=C(CCc1nc2ccccc2c(=O)[nH]1)OCC(=O)N1c2ccccc2Sc2ccccc21. The van der Waals surface area contributed by atoms with Gasteiger partial charge in [-0.1, -0.05) is 48.2 Å². The van der Waals surface area contributed by atoms with Gasteiger partial charge in [0.2, 0.25) is 0 Å². The van der Waals surface area contributed by atoms with Crippen LogP contribution >= 0.6 is 11.8 Å². The number of benzene rings is 3. The Balaban J connectivity index is 1.26. The molecule has 7 nitrogen and oxygen atoms in total. The molecule has 0 saturated carbocycles. The molecular formula is C25H19N3O4S. The molecule has 8 heteroatoms. The molecule has 1 amide bonds. The predicted molar refractivity (Wildman–Crippen MR) is 126 cm³/mol. The highest BCUT2D eigenvalue weighted by Gasteiger charge is 2.28. The molecule has 1 N–H and O–H groups in total. The van der Waals surface area contributed by atoms with Crippen molar-refractivity contribution in [3.05, 3.63) is 89.0 Å². The molecule has 1 aliphatic rings. The van der Waals surface area contributed by atoms with Crippen LogP contribution in [0.15, 0.2) is 87.4 Å². The number of amides is 1. The van der Waals surface area contributed by atoms with Crippen molar-refractivity contribution in [1.29, 1.82) is 0 Å². The van der Waals surface area contributed by atoms with Crippen LogP contribution in [0.3, 0.4) is 0 Å². The van der Waals surface area contributed by atoms with Crippen LogP contribution in [0.5, 0.6) is 0 Å². The number of aromatic amines is 1. The average Bonchev–Trinajstić information content (AvgIpc) is 2.84. The molecule has 0 spiro atoms. The fourth-order valence-corrected chi connectivity index (χ4v) is 4.78. The smallest absolute Gasteiger partial charge is 0.306 e. The summed E-state index contributed by atoms with van der Waals surface area (Å²) < 4.78 is 5.27. The minimum absolute atomic E-state index is 0.00239. The molecule has 0 fully saturated rings. The van der Waals surface area contributed by atoms with Gasteiger partial charge in [-0.15, -0.1) is 0 Å². The van der Waals surface area contributed by atoms with E-state index in [4.69, 9.17) is 4.74 Å². The summed E-state index contributed by atoms with van der Waals surface area (Å²) in [5.41, 5.74) is 1.85. The third-order valence-corrected chi connectivity index (χ3v) is 6.40. The molecule has 164 valence electrons. The molecule has 3 aromatic carbocycles. The standard InChI is InChI=1S/C25H19N3O4S/c29-23(28-18-9-3-5-11-20(18)33-21-12-6-4-10-19(21)28)15-32-24(30)14-13-22-26-17-8-2-1-7-16(17)25(31)27-22/h1-12H,13-15H2,(H,26,27,31). The van der Waals surface area contributed by atoms with Crippen LogP contribution in [-0.2, 0) is 20.7 Å². The zero-order valence-corrected chi connectivity index (χ0v) is 18.3. The van der Waals surface area contributed by atoms with Gasteiger partial charge in [-0.2, -0.15) is 0 Å². The predicted octanol–water partition coefficient (Wildman–Crippen LogP) is 4.23. The first kappa shape index (κ1) is 21.0. The van der Waals surface area contributed by atoms with Crippen LogP contribution in [0, 0.1) is 0 Å². The third kappa shape index (κ3) is 4.25. The number of H-pyrrole nitrogens is 1. The fourth-order valence-electron chi connectivity index (χ4n) is 3.73. The van der Waals surface area contributed by atoms with Crippen molar-refractivity contribution in [3.8, 4) is 0 Å². The van der Waals surface area contributed by atoms with Crippen molar-refractivity contribution >= 4 is 45.9 Å². The Morgan fingerprint density at radius 1 is 0.909 bits per heavy atom. The van der Waals surface area contributed by atoms with Gasteiger partial charge >= 0.3 is 5.97 Å². The molecule has 0 aliphatic carbocycles. The van der Waals surface area contributed by atoms with E-state index in [1.165, 1.54) is 0 Å². The molecule has 4 aromatic rings. The van der Waals surface area contributed by atoms with Crippen LogP contribution in [0.4, 0.5) is 11.4 Å². The van der Waals surface area contributed by atoms with Gasteiger partial charge in [0.25, 0.3) is 11.5 Å². The Labute approximate surface area is 193 Å². The summed E-state index contributed by atoms with van der Waals surface area (Å²) >= 11 is 1.60. The van der Waals surface area contributed by atoms with Crippen molar-refractivity contribution in [3.63, 3.8) is 0 Å². The summed E-state index contributed by atoms with van der Waals surface area (Å²) in [6.07, 6.45) is 0.205. The summed E-state index contributed by atoms with van der Waals surface area (Å²) in [5, 5.41) is 0.495. The first-order valence-electron chi connectivity index (χ1n) is 10.4. The molecular weight excluding hydrogens is 438 g/mol. The first-order valence-corrected chi connectivity index (χ1v) is 11.2. The second kappa shape index (κ2) is 8.91. The maximum absolute atomic E-state index is 13.1. The van der Waals surface area contributed by atoms with Crippen LogP contribution in [0.25, 0.3) is 10.9 Å². The number of esters is 1. The number of nitrogens with zero attached hydrogens (tertiary/aromatic N) is 2. The number of ether oxygens (including phenoxy) is 1. The molecule has 0 unspecified atom stereocenters. The molecule has 1 aliphatic heterocycles. The van der Waals surface area contributed by atoms with Crippen molar-refractivity contribution in [2.75, 3.05) is 11.5 Å². The van der Waals surface area contributed by atoms with E-state index in [0.29, 0.717) is 16.7 Å². The minimum atomic E-state index is -0.535. The number of rotatable bonds is 5. The summed E-state index contributed by atoms with van der Waals surface area (Å²) in [7, 11) is 0. The Kier molecular flexibility index (Phi) is 5.66. The average molecular weight is 458 g/mol. The van der Waals surface area contributed by atoms with Crippen LogP contribution in [0.1, 0.15) is 12.2 Å². The van der Waals surface area contributed by atoms with Crippen molar-refractivity contribution in [1.82, 2.24) is 9.97 Å². The van der Waals surface area contributed by atoms with Gasteiger partial charge in [-0.3, -0.25) is 19.3 Å². The second-order valence-electron chi connectivity index (χ2n) is 7.46. The summed E-state index contributed by atoms with van der Waals surface area (Å²) in [6, 6.07) is 22.3. The molecule has 2 heterocycles. The van der Waals surface area contributed by atoms with E-state index < -0.39 is 5.97 Å². The molecule has 5 rings (SSSR count). The fraction of sp³-hybridized carbons (Fsp3) is 0.120. The molecule has 0 saturated heterocycles. The maximum atomic E-state index is 13.1. The Morgan fingerprint density at radius 3 is 2.27 bits per heavy atom. The Bertz CT molecular complexity index is 1390.